The average Bonchev–Trinajstić information content (AvgIpc) is 2.88. The molecule has 0 unspecified atom stereocenters. The van der Waals surface area contributed by atoms with Crippen molar-refractivity contribution in [1.82, 2.24) is 5.32 Å². The normalized spacial score (nSPS) is 11.2. The van der Waals surface area contributed by atoms with E-state index in [0.29, 0.717) is 5.92 Å². The van der Waals surface area contributed by atoms with Crippen molar-refractivity contribution < 1.29 is 4.42 Å². The van der Waals surface area contributed by atoms with E-state index in [1.807, 2.05) is 12.1 Å². The van der Waals surface area contributed by atoms with Crippen molar-refractivity contribution in [3.8, 4) is 11.3 Å². The van der Waals surface area contributed by atoms with Crippen molar-refractivity contribution in [2.75, 3.05) is 6.54 Å². The van der Waals surface area contributed by atoms with Gasteiger partial charge in [-0.2, -0.15) is 0 Å². The summed E-state index contributed by atoms with van der Waals surface area (Å²) in [6, 6.07) is 12.7. The SMILES string of the molecule is CCCNCc1ccc(-c2ccc(C(C)C)cc2)o1. The Hall–Kier alpha value is -1.54. The minimum absolute atomic E-state index is 0.569. The van der Waals surface area contributed by atoms with Gasteiger partial charge < -0.3 is 9.73 Å². The second-order valence-electron chi connectivity index (χ2n) is 5.22. The second-order valence-corrected chi connectivity index (χ2v) is 5.22. The zero-order valence-electron chi connectivity index (χ0n) is 12.1. The molecule has 0 amide bonds. The van der Waals surface area contributed by atoms with E-state index in [2.05, 4.69) is 50.4 Å². The Labute approximate surface area is 115 Å². The Morgan fingerprint density at radius 2 is 1.79 bits per heavy atom. The first-order chi connectivity index (χ1) is 9.20. The van der Waals surface area contributed by atoms with E-state index >= 15 is 0 Å². The van der Waals surface area contributed by atoms with Crippen molar-refractivity contribution >= 4 is 0 Å². The third-order valence-corrected chi connectivity index (χ3v) is 3.25. The van der Waals surface area contributed by atoms with Crippen LogP contribution in [0.1, 0.15) is 44.4 Å². The third kappa shape index (κ3) is 3.71. The zero-order valence-corrected chi connectivity index (χ0v) is 12.1. The molecule has 2 aromatic rings. The fourth-order valence-corrected chi connectivity index (χ4v) is 2.05. The summed E-state index contributed by atoms with van der Waals surface area (Å²) in [5, 5.41) is 3.35. The lowest BCUT2D eigenvalue weighted by Gasteiger charge is -2.05. The predicted molar refractivity (Wildman–Crippen MR) is 80.2 cm³/mol. The molecule has 2 rings (SSSR count). The van der Waals surface area contributed by atoms with Crippen molar-refractivity contribution in [1.29, 1.82) is 0 Å². The molecule has 102 valence electrons. The van der Waals surface area contributed by atoms with E-state index in [9.17, 15) is 0 Å². The molecule has 0 bridgehead atoms. The van der Waals surface area contributed by atoms with E-state index in [4.69, 9.17) is 4.42 Å². The highest BCUT2D eigenvalue weighted by molar-refractivity contribution is 5.58. The molecule has 1 aromatic carbocycles. The lowest BCUT2D eigenvalue weighted by atomic mass is 10.0. The first-order valence-corrected chi connectivity index (χ1v) is 7.10. The van der Waals surface area contributed by atoms with E-state index in [1.165, 1.54) is 5.56 Å². The number of hydrogen-bond donors (Lipinski definition) is 1. The predicted octanol–water partition coefficient (Wildman–Crippen LogP) is 4.57. The number of hydrogen-bond acceptors (Lipinski definition) is 2. The molecule has 0 aliphatic heterocycles. The smallest absolute Gasteiger partial charge is 0.134 e. The van der Waals surface area contributed by atoms with Gasteiger partial charge in [-0.1, -0.05) is 45.0 Å². The quantitative estimate of drug-likeness (QED) is 0.767. The molecule has 19 heavy (non-hydrogen) atoms. The second kappa shape index (κ2) is 6.58. The van der Waals surface area contributed by atoms with Gasteiger partial charge in [0.1, 0.15) is 11.5 Å². The molecule has 0 aliphatic rings. The Morgan fingerprint density at radius 1 is 1.05 bits per heavy atom. The Balaban J connectivity index is 2.05. The first-order valence-electron chi connectivity index (χ1n) is 7.10. The molecule has 1 N–H and O–H groups in total. The van der Waals surface area contributed by atoms with Crippen LogP contribution >= 0.6 is 0 Å². The van der Waals surface area contributed by atoms with Crippen molar-refractivity contribution in [2.45, 2.75) is 39.7 Å². The summed E-state index contributed by atoms with van der Waals surface area (Å²) < 4.78 is 5.85. The highest BCUT2D eigenvalue weighted by Gasteiger charge is 2.05. The fourth-order valence-electron chi connectivity index (χ4n) is 2.05. The molecular formula is C17H23NO. The van der Waals surface area contributed by atoms with Gasteiger partial charge in [-0.3, -0.25) is 0 Å². The van der Waals surface area contributed by atoms with E-state index in [0.717, 1.165) is 36.6 Å². The van der Waals surface area contributed by atoms with Gasteiger partial charge in [0.2, 0.25) is 0 Å². The topological polar surface area (TPSA) is 25.2 Å². The molecule has 0 spiro atoms. The highest BCUT2D eigenvalue weighted by atomic mass is 16.3. The summed E-state index contributed by atoms with van der Waals surface area (Å²) in [5.74, 6) is 2.51. The van der Waals surface area contributed by atoms with Crippen LogP contribution in [0.3, 0.4) is 0 Å². The fraction of sp³-hybridized carbons (Fsp3) is 0.412. The zero-order chi connectivity index (χ0) is 13.7. The maximum atomic E-state index is 5.85. The molecule has 0 saturated heterocycles. The van der Waals surface area contributed by atoms with E-state index < -0.39 is 0 Å². The monoisotopic (exact) mass is 257 g/mol. The lowest BCUT2D eigenvalue weighted by Crippen LogP contribution is -2.12. The molecule has 0 fully saturated rings. The van der Waals surface area contributed by atoms with Gasteiger partial charge in [0.25, 0.3) is 0 Å². The standard InChI is InChI=1S/C17H23NO/c1-4-11-18-12-16-9-10-17(19-16)15-7-5-14(6-8-15)13(2)3/h5-10,13,18H,4,11-12H2,1-3H3. The van der Waals surface area contributed by atoms with Crippen molar-refractivity contribution in [3.05, 3.63) is 47.7 Å². The molecule has 2 nitrogen and oxygen atoms in total. The average molecular weight is 257 g/mol. The van der Waals surface area contributed by atoms with Crippen LogP contribution in [0.4, 0.5) is 0 Å². The van der Waals surface area contributed by atoms with Crippen LogP contribution in [0.5, 0.6) is 0 Å². The van der Waals surface area contributed by atoms with Gasteiger partial charge in [0.15, 0.2) is 0 Å². The summed E-state index contributed by atoms with van der Waals surface area (Å²) in [4.78, 5) is 0. The lowest BCUT2D eigenvalue weighted by molar-refractivity contribution is 0.493. The minimum Gasteiger partial charge on any atom is -0.460 e. The Morgan fingerprint density at radius 3 is 2.42 bits per heavy atom. The van der Waals surface area contributed by atoms with Gasteiger partial charge >= 0.3 is 0 Å². The van der Waals surface area contributed by atoms with E-state index in [1.54, 1.807) is 0 Å². The largest absolute Gasteiger partial charge is 0.460 e. The van der Waals surface area contributed by atoms with Crippen LogP contribution in [0.25, 0.3) is 11.3 Å². The molecule has 1 heterocycles. The summed E-state index contributed by atoms with van der Waals surface area (Å²) in [6.45, 7) is 8.41. The number of nitrogens with one attached hydrogen (secondary N) is 1. The van der Waals surface area contributed by atoms with Crippen molar-refractivity contribution in [3.63, 3.8) is 0 Å². The van der Waals surface area contributed by atoms with Gasteiger partial charge in [-0.15, -0.1) is 0 Å². The van der Waals surface area contributed by atoms with Gasteiger partial charge in [-0.25, -0.2) is 0 Å². The molecule has 2 heteroatoms. The van der Waals surface area contributed by atoms with Crippen LogP contribution < -0.4 is 5.32 Å². The van der Waals surface area contributed by atoms with Crippen LogP contribution in [0.15, 0.2) is 40.8 Å². The van der Waals surface area contributed by atoms with Crippen LogP contribution in [0, 0.1) is 0 Å². The summed E-state index contributed by atoms with van der Waals surface area (Å²) in [6.07, 6.45) is 1.14. The molecule has 0 aliphatic carbocycles. The van der Waals surface area contributed by atoms with Crippen LogP contribution in [-0.2, 0) is 6.54 Å². The van der Waals surface area contributed by atoms with Crippen LogP contribution in [-0.4, -0.2) is 6.54 Å². The van der Waals surface area contributed by atoms with Crippen molar-refractivity contribution in [2.24, 2.45) is 0 Å². The third-order valence-electron chi connectivity index (χ3n) is 3.25. The highest BCUT2D eigenvalue weighted by Crippen LogP contribution is 2.24. The molecule has 1 aromatic heterocycles. The number of furan rings is 1. The first kappa shape index (κ1) is 13.9. The van der Waals surface area contributed by atoms with E-state index in [-0.39, 0.29) is 0 Å². The molecule has 0 saturated carbocycles. The Kier molecular flexibility index (Phi) is 4.80. The molecular weight excluding hydrogens is 234 g/mol. The summed E-state index contributed by atoms with van der Waals surface area (Å²) in [7, 11) is 0. The summed E-state index contributed by atoms with van der Waals surface area (Å²) in [5.41, 5.74) is 2.51. The maximum Gasteiger partial charge on any atom is 0.134 e. The minimum atomic E-state index is 0.569. The number of benzene rings is 1. The van der Waals surface area contributed by atoms with Crippen LogP contribution in [0.2, 0.25) is 0 Å². The Bertz CT molecular complexity index is 496. The molecule has 0 radical (unpaired) electrons. The maximum absolute atomic E-state index is 5.85. The summed E-state index contributed by atoms with van der Waals surface area (Å²) >= 11 is 0. The van der Waals surface area contributed by atoms with Gasteiger partial charge in [-0.05, 0) is 36.6 Å². The van der Waals surface area contributed by atoms with Gasteiger partial charge in [0, 0.05) is 5.56 Å². The molecule has 0 atom stereocenters. The van der Waals surface area contributed by atoms with Gasteiger partial charge in [0.05, 0.1) is 6.54 Å². The number of rotatable bonds is 6.